The predicted molar refractivity (Wildman–Crippen MR) is 88.5 cm³/mol. The minimum atomic E-state index is 0.646. The largest absolute Gasteiger partial charge is 0.313 e. The Labute approximate surface area is 128 Å². The Morgan fingerprint density at radius 2 is 2.00 bits per heavy atom. The van der Waals surface area contributed by atoms with Crippen molar-refractivity contribution >= 4 is 11.8 Å². The zero-order valence-electron chi connectivity index (χ0n) is 13.1. The van der Waals surface area contributed by atoms with E-state index < -0.39 is 0 Å². The molecule has 3 heteroatoms. The third-order valence-corrected chi connectivity index (χ3v) is 5.20. The quantitative estimate of drug-likeness (QED) is 0.789. The number of aromatic nitrogens is 1. The van der Waals surface area contributed by atoms with Gasteiger partial charge in [-0.25, -0.2) is 4.98 Å². The summed E-state index contributed by atoms with van der Waals surface area (Å²) in [7, 11) is 0. The van der Waals surface area contributed by atoms with Crippen LogP contribution in [0.5, 0.6) is 0 Å². The van der Waals surface area contributed by atoms with E-state index in [1.54, 1.807) is 0 Å². The molecule has 0 aliphatic heterocycles. The zero-order chi connectivity index (χ0) is 14.4. The fourth-order valence-electron chi connectivity index (χ4n) is 3.21. The molecule has 1 aliphatic rings. The van der Waals surface area contributed by atoms with Gasteiger partial charge in [-0.3, -0.25) is 0 Å². The summed E-state index contributed by atoms with van der Waals surface area (Å²) in [4.78, 5) is 4.65. The molecule has 1 saturated carbocycles. The van der Waals surface area contributed by atoms with E-state index in [-0.39, 0.29) is 0 Å². The number of rotatable bonds is 6. The minimum Gasteiger partial charge on any atom is -0.313 e. The van der Waals surface area contributed by atoms with Gasteiger partial charge in [-0.2, -0.15) is 0 Å². The monoisotopic (exact) mass is 292 g/mol. The van der Waals surface area contributed by atoms with Crippen LogP contribution in [0.15, 0.2) is 17.2 Å². The van der Waals surface area contributed by atoms with Crippen molar-refractivity contribution in [1.29, 1.82) is 0 Å². The molecule has 1 fully saturated rings. The number of hydrogen-bond donors (Lipinski definition) is 1. The standard InChI is InChI=1S/C17H28N2S/c1-4-18-16(15-8-6-5-7-9-15)12-20-17-11-13(2)10-14(3)19-17/h10-11,15-16,18H,4-9,12H2,1-3H3. The first-order valence-electron chi connectivity index (χ1n) is 8.00. The van der Waals surface area contributed by atoms with Crippen molar-refractivity contribution in [1.82, 2.24) is 10.3 Å². The van der Waals surface area contributed by atoms with Crippen molar-refractivity contribution in [3.63, 3.8) is 0 Å². The Bertz CT molecular complexity index is 393. The lowest BCUT2D eigenvalue weighted by Gasteiger charge is -2.30. The third-order valence-electron chi connectivity index (χ3n) is 4.17. The minimum absolute atomic E-state index is 0.646. The molecule has 2 rings (SSSR count). The number of thioether (sulfide) groups is 1. The summed E-state index contributed by atoms with van der Waals surface area (Å²) in [6, 6.07) is 5.00. The smallest absolute Gasteiger partial charge is 0.0966 e. The van der Waals surface area contributed by atoms with E-state index in [4.69, 9.17) is 0 Å². The summed E-state index contributed by atoms with van der Waals surface area (Å²) in [5.74, 6) is 2.01. The third kappa shape index (κ3) is 4.78. The summed E-state index contributed by atoms with van der Waals surface area (Å²) in [5, 5.41) is 4.88. The molecule has 1 aliphatic carbocycles. The van der Waals surface area contributed by atoms with Gasteiger partial charge in [0.25, 0.3) is 0 Å². The van der Waals surface area contributed by atoms with E-state index in [9.17, 15) is 0 Å². The van der Waals surface area contributed by atoms with Gasteiger partial charge in [-0.15, -0.1) is 11.8 Å². The van der Waals surface area contributed by atoms with Crippen molar-refractivity contribution in [2.45, 2.75) is 63.9 Å². The molecule has 1 aromatic heterocycles. The second-order valence-electron chi connectivity index (χ2n) is 6.00. The highest BCUT2D eigenvalue weighted by Crippen LogP contribution is 2.29. The maximum Gasteiger partial charge on any atom is 0.0966 e. The number of aryl methyl sites for hydroxylation is 2. The lowest BCUT2D eigenvalue weighted by Crippen LogP contribution is -2.39. The van der Waals surface area contributed by atoms with Gasteiger partial charge < -0.3 is 5.32 Å². The van der Waals surface area contributed by atoms with E-state index >= 15 is 0 Å². The molecule has 2 nitrogen and oxygen atoms in total. The van der Waals surface area contributed by atoms with Crippen LogP contribution in [0.3, 0.4) is 0 Å². The Morgan fingerprint density at radius 3 is 2.65 bits per heavy atom. The van der Waals surface area contributed by atoms with Gasteiger partial charge in [-0.1, -0.05) is 26.2 Å². The summed E-state index contributed by atoms with van der Waals surface area (Å²) in [5.41, 5.74) is 2.45. The zero-order valence-corrected chi connectivity index (χ0v) is 13.9. The number of pyridine rings is 1. The van der Waals surface area contributed by atoms with E-state index in [1.807, 2.05) is 11.8 Å². The van der Waals surface area contributed by atoms with Crippen LogP contribution in [0.2, 0.25) is 0 Å². The van der Waals surface area contributed by atoms with E-state index in [0.717, 1.165) is 23.9 Å². The van der Waals surface area contributed by atoms with Gasteiger partial charge in [0.05, 0.1) is 5.03 Å². The molecule has 0 radical (unpaired) electrons. The van der Waals surface area contributed by atoms with Crippen molar-refractivity contribution in [3.8, 4) is 0 Å². The van der Waals surface area contributed by atoms with Gasteiger partial charge in [0.2, 0.25) is 0 Å². The average Bonchev–Trinajstić information content (AvgIpc) is 2.43. The average molecular weight is 292 g/mol. The van der Waals surface area contributed by atoms with Gasteiger partial charge in [0.1, 0.15) is 0 Å². The van der Waals surface area contributed by atoms with Gasteiger partial charge in [0.15, 0.2) is 0 Å². The molecular formula is C17H28N2S. The topological polar surface area (TPSA) is 24.9 Å². The Morgan fingerprint density at radius 1 is 1.25 bits per heavy atom. The van der Waals surface area contributed by atoms with Crippen LogP contribution in [0.25, 0.3) is 0 Å². The first-order valence-corrected chi connectivity index (χ1v) is 8.99. The summed E-state index contributed by atoms with van der Waals surface area (Å²) in [6.07, 6.45) is 7.07. The first-order chi connectivity index (χ1) is 9.69. The molecule has 0 saturated heterocycles. The fraction of sp³-hybridized carbons (Fsp3) is 0.706. The molecule has 0 bridgehead atoms. The number of hydrogen-bond acceptors (Lipinski definition) is 3. The Hall–Kier alpha value is -0.540. The highest BCUT2D eigenvalue weighted by Gasteiger charge is 2.23. The molecule has 0 amide bonds. The van der Waals surface area contributed by atoms with Crippen LogP contribution < -0.4 is 5.32 Å². The molecule has 1 N–H and O–H groups in total. The molecule has 1 unspecified atom stereocenters. The van der Waals surface area contributed by atoms with Gasteiger partial charge >= 0.3 is 0 Å². The van der Waals surface area contributed by atoms with Crippen molar-refractivity contribution in [2.75, 3.05) is 12.3 Å². The number of nitrogens with zero attached hydrogens (tertiary/aromatic N) is 1. The fourth-order valence-corrected chi connectivity index (χ4v) is 4.43. The maximum absolute atomic E-state index is 4.65. The Kier molecular flexibility index (Phi) is 6.37. The lowest BCUT2D eigenvalue weighted by molar-refractivity contribution is 0.288. The maximum atomic E-state index is 4.65. The van der Waals surface area contributed by atoms with Crippen molar-refractivity contribution < 1.29 is 0 Å². The highest BCUT2D eigenvalue weighted by atomic mass is 32.2. The van der Waals surface area contributed by atoms with Crippen LogP contribution in [-0.2, 0) is 0 Å². The van der Waals surface area contributed by atoms with E-state index in [2.05, 4.69) is 43.2 Å². The second kappa shape index (κ2) is 8.04. The van der Waals surface area contributed by atoms with Gasteiger partial charge in [0, 0.05) is 17.5 Å². The normalized spacial score (nSPS) is 18.1. The van der Waals surface area contributed by atoms with Crippen molar-refractivity contribution in [2.24, 2.45) is 5.92 Å². The summed E-state index contributed by atoms with van der Waals surface area (Å²) >= 11 is 1.92. The number of nitrogens with one attached hydrogen (secondary N) is 1. The van der Waals surface area contributed by atoms with E-state index in [1.165, 1.54) is 42.7 Å². The van der Waals surface area contributed by atoms with Crippen LogP contribution >= 0.6 is 11.8 Å². The van der Waals surface area contributed by atoms with Crippen LogP contribution in [0, 0.1) is 19.8 Å². The van der Waals surface area contributed by atoms with Crippen molar-refractivity contribution in [3.05, 3.63) is 23.4 Å². The molecule has 20 heavy (non-hydrogen) atoms. The lowest BCUT2D eigenvalue weighted by atomic mass is 9.84. The van der Waals surface area contributed by atoms with Crippen LogP contribution in [0.1, 0.15) is 50.3 Å². The molecule has 1 aromatic rings. The van der Waals surface area contributed by atoms with Crippen LogP contribution in [-0.4, -0.2) is 23.3 Å². The predicted octanol–water partition coefficient (Wildman–Crippen LogP) is 4.35. The Balaban J connectivity index is 1.93. The molecule has 1 heterocycles. The van der Waals surface area contributed by atoms with Gasteiger partial charge in [-0.05, 0) is 56.8 Å². The highest BCUT2D eigenvalue weighted by molar-refractivity contribution is 7.99. The molecule has 0 aromatic carbocycles. The summed E-state index contributed by atoms with van der Waals surface area (Å²) < 4.78 is 0. The molecule has 1 atom stereocenters. The second-order valence-corrected chi connectivity index (χ2v) is 7.04. The van der Waals surface area contributed by atoms with E-state index in [0.29, 0.717) is 6.04 Å². The molecule has 0 spiro atoms. The SMILES string of the molecule is CCNC(CSc1cc(C)cc(C)n1)C1CCCCC1. The molecule has 112 valence electrons. The molecular weight excluding hydrogens is 264 g/mol. The van der Waals surface area contributed by atoms with Crippen LogP contribution in [0.4, 0.5) is 0 Å². The first kappa shape index (κ1) is 15.8. The summed E-state index contributed by atoms with van der Waals surface area (Å²) in [6.45, 7) is 7.53.